The van der Waals surface area contributed by atoms with Crippen molar-refractivity contribution in [3.05, 3.63) is 65.7 Å². The molecule has 0 amide bonds. The topological polar surface area (TPSA) is 44.8 Å². The number of carbonyl (C=O) groups excluding carboxylic acids is 1. The minimum absolute atomic E-state index is 0.161. The largest absolute Gasteiger partial charge is 0.461 e. The second kappa shape index (κ2) is 10.9. The molecule has 0 aromatic heterocycles. The third-order valence-corrected chi connectivity index (χ3v) is 4.61. The fraction of sp³-hybridized carbons (Fsp3) is 0.458. The van der Waals surface area contributed by atoms with Crippen molar-refractivity contribution in [2.75, 3.05) is 0 Å². The molecular weight excluding hydrogens is 352 g/mol. The maximum Gasteiger partial charge on any atom is 0.346 e. The summed E-state index contributed by atoms with van der Waals surface area (Å²) in [7, 11) is 0. The van der Waals surface area contributed by atoms with Gasteiger partial charge in [0.1, 0.15) is 5.75 Å². The molecule has 0 spiro atoms. The van der Waals surface area contributed by atoms with Gasteiger partial charge in [-0.1, -0.05) is 70.2 Å². The molecule has 0 saturated carbocycles. The number of hydrogen-bond donors (Lipinski definition) is 0. The third kappa shape index (κ3) is 7.35. The van der Waals surface area contributed by atoms with Crippen LogP contribution in [0.4, 0.5) is 0 Å². The predicted molar refractivity (Wildman–Crippen MR) is 111 cm³/mol. The van der Waals surface area contributed by atoms with Crippen molar-refractivity contribution in [2.45, 2.75) is 59.7 Å². The van der Waals surface area contributed by atoms with E-state index in [-0.39, 0.29) is 6.42 Å². The number of benzene rings is 2. The van der Waals surface area contributed by atoms with Gasteiger partial charge in [0.05, 0.1) is 6.42 Å². The van der Waals surface area contributed by atoms with Crippen LogP contribution in [0.1, 0.15) is 58.1 Å². The van der Waals surface area contributed by atoms with Crippen LogP contribution in [0.25, 0.3) is 0 Å². The van der Waals surface area contributed by atoms with Crippen LogP contribution in [-0.4, -0.2) is 12.3 Å². The Morgan fingerprint density at radius 2 is 1.54 bits per heavy atom. The maximum absolute atomic E-state index is 11.8. The third-order valence-electron chi connectivity index (χ3n) is 4.61. The summed E-state index contributed by atoms with van der Waals surface area (Å²) in [4.78, 5) is 21.8. The van der Waals surface area contributed by atoms with Crippen LogP contribution in [0.3, 0.4) is 0 Å². The first-order valence-corrected chi connectivity index (χ1v) is 10.0. The van der Waals surface area contributed by atoms with Crippen molar-refractivity contribution in [3.8, 4) is 5.75 Å². The number of carbonyl (C=O) groups is 1. The molecule has 0 heterocycles. The molecular formula is C24H32O4. The van der Waals surface area contributed by atoms with E-state index in [1.54, 1.807) is 6.92 Å². The Morgan fingerprint density at radius 1 is 0.893 bits per heavy atom. The van der Waals surface area contributed by atoms with Crippen molar-refractivity contribution < 1.29 is 19.3 Å². The van der Waals surface area contributed by atoms with Gasteiger partial charge in [-0.2, -0.15) is 0 Å². The lowest BCUT2D eigenvalue weighted by molar-refractivity contribution is -0.329. The van der Waals surface area contributed by atoms with E-state index in [4.69, 9.17) is 14.5 Å². The summed E-state index contributed by atoms with van der Waals surface area (Å²) >= 11 is 0. The molecule has 0 bridgehead atoms. The minimum atomic E-state index is -0.692. The zero-order valence-corrected chi connectivity index (χ0v) is 17.6. The van der Waals surface area contributed by atoms with Crippen LogP contribution in [0.5, 0.6) is 5.75 Å². The van der Waals surface area contributed by atoms with E-state index < -0.39 is 12.3 Å². The van der Waals surface area contributed by atoms with Crippen molar-refractivity contribution in [1.82, 2.24) is 0 Å². The smallest absolute Gasteiger partial charge is 0.346 e. The van der Waals surface area contributed by atoms with E-state index >= 15 is 0 Å². The molecule has 0 aliphatic rings. The lowest BCUT2D eigenvalue weighted by atomic mass is 9.82. The summed E-state index contributed by atoms with van der Waals surface area (Å²) in [5.41, 5.74) is 2.19. The highest BCUT2D eigenvalue weighted by molar-refractivity contribution is 5.71. The van der Waals surface area contributed by atoms with E-state index in [1.165, 1.54) is 5.56 Å². The van der Waals surface area contributed by atoms with Crippen molar-refractivity contribution in [3.63, 3.8) is 0 Å². The average molecular weight is 385 g/mol. The molecule has 0 fully saturated rings. The molecule has 2 rings (SSSR count). The zero-order valence-electron chi connectivity index (χ0n) is 17.6. The summed E-state index contributed by atoms with van der Waals surface area (Å²) < 4.78 is 5.69. The van der Waals surface area contributed by atoms with Gasteiger partial charge < -0.3 is 4.74 Å². The summed E-state index contributed by atoms with van der Waals surface area (Å²) in [6, 6.07) is 17.5. The van der Waals surface area contributed by atoms with Gasteiger partial charge >= 0.3 is 5.97 Å². The standard InChI is InChI=1S/C24H32O4/c1-17(2)15-23(18(3)4)21-11-13-22(14-12-21)26-19(5)27-28-24(25)16-20-9-7-6-8-10-20/h6-14,17-19,23H,15-16H2,1-5H3. The van der Waals surface area contributed by atoms with Crippen LogP contribution < -0.4 is 4.74 Å². The van der Waals surface area contributed by atoms with Gasteiger partial charge in [0.15, 0.2) is 0 Å². The van der Waals surface area contributed by atoms with E-state index in [0.29, 0.717) is 23.5 Å². The SMILES string of the molecule is CC(C)CC(c1ccc(OC(C)OOC(=O)Cc2ccccc2)cc1)C(C)C. The highest BCUT2D eigenvalue weighted by Crippen LogP contribution is 2.32. The molecule has 0 aliphatic heterocycles. The highest BCUT2D eigenvalue weighted by Gasteiger charge is 2.18. The highest BCUT2D eigenvalue weighted by atomic mass is 17.2. The summed E-state index contributed by atoms with van der Waals surface area (Å²) in [6.45, 7) is 10.7. The molecule has 2 unspecified atom stereocenters. The lowest BCUT2D eigenvalue weighted by Crippen LogP contribution is -2.20. The Bertz CT molecular complexity index is 707. The Kier molecular flexibility index (Phi) is 8.52. The monoisotopic (exact) mass is 384 g/mol. The zero-order chi connectivity index (χ0) is 20.5. The van der Waals surface area contributed by atoms with Gasteiger partial charge in [-0.25, -0.2) is 4.79 Å². The molecule has 4 heteroatoms. The van der Waals surface area contributed by atoms with Crippen LogP contribution in [0.2, 0.25) is 0 Å². The molecule has 0 aliphatic carbocycles. The first kappa shape index (κ1) is 22.0. The second-order valence-electron chi connectivity index (χ2n) is 7.95. The molecule has 4 nitrogen and oxygen atoms in total. The molecule has 0 N–H and O–H groups in total. The second-order valence-corrected chi connectivity index (χ2v) is 7.95. The minimum Gasteiger partial charge on any atom is -0.461 e. The summed E-state index contributed by atoms with van der Waals surface area (Å²) in [5, 5.41) is 0. The van der Waals surface area contributed by atoms with Gasteiger partial charge in [-0.3, -0.25) is 4.89 Å². The average Bonchev–Trinajstić information content (AvgIpc) is 2.66. The Morgan fingerprint density at radius 3 is 2.11 bits per heavy atom. The number of hydrogen-bond acceptors (Lipinski definition) is 4. The van der Waals surface area contributed by atoms with Crippen LogP contribution in [0, 0.1) is 11.8 Å². The summed E-state index contributed by atoms with van der Waals surface area (Å²) in [5.74, 6) is 2.00. The first-order valence-electron chi connectivity index (χ1n) is 10.0. The lowest BCUT2D eigenvalue weighted by Gasteiger charge is -2.23. The molecule has 2 aromatic rings. The first-order chi connectivity index (χ1) is 13.3. The molecule has 28 heavy (non-hydrogen) atoms. The van der Waals surface area contributed by atoms with E-state index in [1.807, 2.05) is 42.5 Å². The van der Waals surface area contributed by atoms with Crippen molar-refractivity contribution >= 4 is 5.97 Å². The van der Waals surface area contributed by atoms with Crippen LogP contribution >= 0.6 is 0 Å². The Labute approximate surface area is 168 Å². The summed E-state index contributed by atoms with van der Waals surface area (Å²) in [6.07, 6.45) is 0.630. The van der Waals surface area contributed by atoms with Crippen molar-refractivity contribution in [1.29, 1.82) is 0 Å². The molecule has 0 radical (unpaired) electrons. The van der Waals surface area contributed by atoms with Crippen LogP contribution in [0.15, 0.2) is 54.6 Å². The van der Waals surface area contributed by atoms with Crippen molar-refractivity contribution in [2.24, 2.45) is 11.8 Å². The predicted octanol–water partition coefficient (Wildman–Crippen LogP) is 5.91. The van der Waals surface area contributed by atoms with Gasteiger partial charge in [-0.05, 0) is 47.4 Å². The fourth-order valence-electron chi connectivity index (χ4n) is 3.22. The van der Waals surface area contributed by atoms with Gasteiger partial charge in [0.2, 0.25) is 6.29 Å². The van der Waals surface area contributed by atoms with E-state index in [2.05, 4.69) is 39.8 Å². The molecule has 2 atom stereocenters. The van der Waals surface area contributed by atoms with E-state index in [0.717, 1.165) is 12.0 Å². The molecule has 152 valence electrons. The molecule has 0 saturated heterocycles. The van der Waals surface area contributed by atoms with Gasteiger partial charge in [0.25, 0.3) is 0 Å². The normalized spacial score (nSPS) is 13.4. The maximum atomic E-state index is 11.8. The number of rotatable bonds is 10. The fourth-order valence-corrected chi connectivity index (χ4v) is 3.22. The van der Waals surface area contributed by atoms with Gasteiger partial charge in [-0.15, -0.1) is 4.89 Å². The van der Waals surface area contributed by atoms with Gasteiger partial charge in [0, 0.05) is 6.92 Å². The number of ether oxygens (including phenoxy) is 1. The Hall–Kier alpha value is -2.33. The Balaban J connectivity index is 1.83. The molecule has 2 aromatic carbocycles. The van der Waals surface area contributed by atoms with Crippen LogP contribution in [-0.2, 0) is 21.0 Å². The quantitative estimate of drug-likeness (QED) is 0.290. The van der Waals surface area contributed by atoms with E-state index in [9.17, 15) is 4.79 Å².